The molecule has 3 aromatic rings. The van der Waals surface area contributed by atoms with E-state index in [0.717, 1.165) is 17.5 Å². The number of fused-ring (bicyclic) bond motifs is 1. The number of aryl methyl sites for hydroxylation is 1. The molecule has 2 aliphatic heterocycles. The zero-order chi connectivity index (χ0) is 27.1. The summed E-state index contributed by atoms with van der Waals surface area (Å²) in [5.41, 5.74) is 0.398. The number of nitrogens with zero attached hydrogens (tertiary/aromatic N) is 4. The van der Waals surface area contributed by atoms with Crippen LogP contribution < -0.4 is 10.2 Å². The lowest BCUT2D eigenvalue weighted by atomic mass is 9.75. The number of rotatable bonds is 9. The number of aliphatic hydroxyl groups is 2. The smallest absolute Gasteiger partial charge is 0.394 e. The second-order valence-corrected chi connectivity index (χ2v) is 9.88. The number of benzene rings is 2. The summed E-state index contributed by atoms with van der Waals surface area (Å²) in [4.78, 5) is 14.8. The largest absolute Gasteiger partial charge is 0.416 e. The topological polar surface area (TPSA) is 113 Å². The van der Waals surface area contributed by atoms with E-state index in [9.17, 15) is 23.1 Å². The number of alkyl halides is 3. The fourth-order valence-corrected chi connectivity index (χ4v) is 4.97. The maximum atomic E-state index is 14.0. The number of anilines is 1. The number of ether oxygens (including phenoxy) is 1. The van der Waals surface area contributed by atoms with Crippen molar-refractivity contribution < 1.29 is 32.9 Å². The highest BCUT2D eigenvalue weighted by atomic mass is 19.4. The third kappa shape index (κ3) is 4.92. The quantitative estimate of drug-likeness (QED) is 0.387. The number of nitrogens with one attached hydrogen (secondary N) is 1. The van der Waals surface area contributed by atoms with Crippen LogP contribution in [-0.4, -0.2) is 63.4 Å². The van der Waals surface area contributed by atoms with Gasteiger partial charge in [-0.05, 0) is 41.0 Å². The average Bonchev–Trinajstić information content (AvgIpc) is 3.42. The predicted molar refractivity (Wildman–Crippen MR) is 130 cm³/mol. The van der Waals surface area contributed by atoms with Gasteiger partial charge in [0.1, 0.15) is 12.2 Å². The lowest BCUT2D eigenvalue weighted by molar-refractivity contribution is -0.138. The maximum absolute atomic E-state index is 14.0. The summed E-state index contributed by atoms with van der Waals surface area (Å²) in [6.07, 6.45) is -3.49. The highest BCUT2D eigenvalue weighted by molar-refractivity contribution is 6.10. The van der Waals surface area contributed by atoms with E-state index in [1.807, 2.05) is 23.7 Å². The highest BCUT2D eigenvalue weighted by Crippen LogP contribution is 2.41. The van der Waals surface area contributed by atoms with Crippen LogP contribution in [0.4, 0.5) is 18.9 Å². The summed E-state index contributed by atoms with van der Waals surface area (Å²) in [7, 11) is 1.86. The molecule has 0 aliphatic carbocycles. The molecule has 202 valence electrons. The monoisotopic (exact) mass is 531 g/mol. The van der Waals surface area contributed by atoms with Crippen LogP contribution in [0.5, 0.6) is 0 Å². The Hall–Kier alpha value is -3.32. The van der Waals surface area contributed by atoms with E-state index in [0.29, 0.717) is 25.3 Å². The molecule has 3 heterocycles. The minimum atomic E-state index is -4.65. The number of aliphatic hydroxyl groups excluding tert-OH is 2. The average molecular weight is 532 g/mol. The Morgan fingerprint density at radius 1 is 1.24 bits per heavy atom. The Kier molecular flexibility index (Phi) is 6.99. The van der Waals surface area contributed by atoms with Crippen LogP contribution in [0, 0.1) is 0 Å². The molecule has 2 aliphatic rings. The van der Waals surface area contributed by atoms with Crippen molar-refractivity contribution in [3.05, 3.63) is 76.4 Å². The van der Waals surface area contributed by atoms with Crippen molar-refractivity contribution in [3.8, 4) is 0 Å². The molecule has 1 fully saturated rings. The summed E-state index contributed by atoms with van der Waals surface area (Å²) >= 11 is 0. The van der Waals surface area contributed by atoms with Crippen LogP contribution in [0.1, 0.15) is 38.4 Å². The van der Waals surface area contributed by atoms with E-state index in [4.69, 9.17) is 9.84 Å². The van der Waals surface area contributed by atoms with Gasteiger partial charge in [0.15, 0.2) is 0 Å². The first-order valence-corrected chi connectivity index (χ1v) is 12.2. The summed E-state index contributed by atoms with van der Waals surface area (Å²) in [6, 6.07) is 9.78. The summed E-state index contributed by atoms with van der Waals surface area (Å²) in [5, 5.41) is 29.4. The van der Waals surface area contributed by atoms with Crippen molar-refractivity contribution in [1.29, 1.82) is 0 Å². The molecule has 1 saturated heterocycles. The van der Waals surface area contributed by atoms with Crippen molar-refractivity contribution in [2.45, 2.75) is 37.2 Å². The van der Waals surface area contributed by atoms with E-state index in [1.54, 1.807) is 18.5 Å². The number of hydrogen-bond acceptors (Lipinski definition) is 7. The molecule has 2 aromatic carbocycles. The van der Waals surface area contributed by atoms with Gasteiger partial charge in [-0.2, -0.15) is 13.2 Å². The van der Waals surface area contributed by atoms with Gasteiger partial charge in [-0.1, -0.05) is 12.1 Å². The normalized spacial score (nSPS) is 17.4. The molecule has 0 radical (unpaired) electrons. The number of halogens is 3. The van der Waals surface area contributed by atoms with E-state index < -0.39 is 30.4 Å². The maximum Gasteiger partial charge on any atom is 0.416 e. The van der Waals surface area contributed by atoms with E-state index in [2.05, 4.69) is 15.5 Å². The van der Waals surface area contributed by atoms with Gasteiger partial charge in [0, 0.05) is 43.2 Å². The molecule has 1 atom stereocenters. The molecule has 12 heteroatoms. The molecule has 9 nitrogen and oxygen atoms in total. The first-order chi connectivity index (χ1) is 18.1. The molecular formula is C26H28F3N5O4. The molecule has 1 amide bonds. The number of carbonyl (C=O) groups excluding carboxylic acids is 1. The fraction of sp³-hybridized carbons (Fsp3) is 0.423. The van der Waals surface area contributed by atoms with Gasteiger partial charge in [-0.3, -0.25) is 4.79 Å². The number of carbonyl (C=O) groups is 1. The van der Waals surface area contributed by atoms with Crippen molar-refractivity contribution in [2.24, 2.45) is 7.05 Å². The van der Waals surface area contributed by atoms with Crippen LogP contribution in [-0.2, 0) is 42.9 Å². The van der Waals surface area contributed by atoms with Gasteiger partial charge in [0.05, 0.1) is 38.0 Å². The Labute approximate surface area is 216 Å². The van der Waals surface area contributed by atoms with Crippen molar-refractivity contribution in [1.82, 2.24) is 20.1 Å². The summed E-state index contributed by atoms with van der Waals surface area (Å²) in [6.45, 7) is 0.246. The van der Waals surface area contributed by atoms with Gasteiger partial charge in [0.2, 0.25) is 0 Å². The van der Waals surface area contributed by atoms with Gasteiger partial charge < -0.3 is 29.7 Å². The lowest BCUT2D eigenvalue weighted by Gasteiger charge is -2.42. The van der Waals surface area contributed by atoms with Crippen molar-refractivity contribution in [2.75, 3.05) is 31.3 Å². The Bertz CT molecular complexity index is 1340. The van der Waals surface area contributed by atoms with E-state index in [1.165, 1.54) is 11.0 Å². The molecule has 38 heavy (non-hydrogen) atoms. The SMILES string of the molecule is Cn1cnnc1CC1(c2cccc(N3Cc4c(cc(CNC[C@H](O)CO)cc4C(F)(F)F)C3=O)c2)COC1. The van der Waals surface area contributed by atoms with Gasteiger partial charge in [0.25, 0.3) is 5.91 Å². The minimum Gasteiger partial charge on any atom is -0.394 e. The van der Waals surface area contributed by atoms with Crippen LogP contribution in [0.3, 0.4) is 0 Å². The number of hydrogen-bond donors (Lipinski definition) is 3. The first kappa shape index (κ1) is 26.3. The summed E-state index contributed by atoms with van der Waals surface area (Å²) < 4.78 is 49.4. The molecule has 0 spiro atoms. The van der Waals surface area contributed by atoms with Crippen LogP contribution in [0.15, 0.2) is 42.7 Å². The second-order valence-electron chi connectivity index (χ2n) is 9.88. The molecular weight excluding hydrogens is 503 g/mol. The first-order valence-electron chi connectivity index (χ1n) is 12.2. The Morgan fingerprint density at radius 2 is 2.03 bits per heavy atom. The number of aromatic nitrogens is 3. The molecule has 1 aromatic heterocycles. The molecule has 0 unspecified atom stereocenters. The number of amides is 1. The third-order valence-electron chi connectivity index (χ3n) is 7.16. The zero-order valence-corrected chi connectivity index (χ0v) is 20.7. The zero-order valence-electron chi connectivity index (χ0n) is 20.7. The van der Waals surface area contributed by atoms with Gasteiger partial charge in [-0.15, -0.1) is 10.2 Å². The predicted octanol–water partition coefficient (Wildman–Crippen LogP) is 1.95. The van der Waals surface area contributed by atoms with Crippen LogP contribution >= 0.6 is 0 Å². The molecule has 0 bridgehead atoms. The molecule has 5 rings (SSSR count). The van der Waals surface area contributed by atoms with Gasteiger partial charge >= 0.3 is 6.18 Å². The van der Waals surface area contributed by atoms with Crippen LogP contribution in [0.25, 0.3) is 0 Å². The Morgan fingerprint density at radius 3 is 2.66 bits per heavy atom. The van der Waals surface area contributed by atoms with E-state index >= 15 is 0 Å². The van der Waals surface area contributed by atoms with Crippen LogP contribution in [0.2, 0.25) is 0 Å². The fourth-order valence-electron chi connectivity index (χ4n) is 4.97. The van der Waals surface area contributed by atoms with Gasteiger partial charge in [-0.25, -0.2) is 0 Å². The Balaban J connectivity index is 1.43. The lowest BCUT2D eigenvalue weighted by Crippen LogP contribution is -2.49. The minimum absolute atomic E-state index is 0.000746. The second kappa shape index (κ2) is 10.1. The van der Waals surface area contributed by atoms with Crippen molar-refractivity contribution >= 4 is 11.6 Å². The molecule has 3 N–H and O–H groups in total. The van der Waals surface area contributed by atoms with E-state index in [-0.39, 0.29) is 41.7 Å². The molecule has 0 saturated carbocycles. The van der Waals surface area contributed by atoms with Crippen molar-refractivity contribution in [3.63, 3.8) is 0 Å². The summed E-state index contributed by atoms with van der Waals surface area (Å²) in [5.74, 6) is 0.276. The third-order valence-corrected chi connectivity index (χ3v) is 7.16. The standard InChI is InChI=1S/C26H28F3N5O4/c1-33-15-31-32-23(33)8-25(13-38-14-25)17-3-2-4-18(7-17)34-11-21-20(24(34)37)5-16(6-22(21)26(27,28)29)9-30-10-19(36)12-35/h2-7,15,19,30,35-36H,8-14H2,1H3/t19-/m0/s1. The highest BCUT2D eigenvalue weighted by Gasteiger charge is 2.43.